The van der Waals surface area contributed by atoms with Crippen LogP contribution in [0.1, 0.15) is 44.1 Å². The van der Waals surface area contributed by atoms with Gasteiger partial charge in [-0.05, 0) is 43.4 Å². The number of hydrogen-bond donors (Lipinski definition) is 1. The predicted molar refractivity (Wildman–Crippen MR) is 107 cm³/mol. The van der Waals surface area contributed by atoms with E-state index < -0.39 is 10.9 Å². The number of benzene rings is 1. The Labute approximate surface area is 158 Å². The highest BCUT2D eigenvalue weighted by Gasteiger charge is 2.20. The van der Waals surface area contributed by atoms with Crippen molar-refractivity contribution < 1.29 is 9.47 Å². The first-order valence-corrected chi connectivity index (χ1v) is 9.58. The van der Waals surface area contributed by atoms with Crippen LogP contribution in [0.3, 0.4) is 0 Å². The fraction of sp³-hybridized carbons (Fsp3) is 0.476. The smallest absolute Gasteiger partial charge is 0.271 e. The molecular weight excluding hydrogens is 344 g/mol. The van der Waals surface area contributed by atoms with E-state index in [0.29, 0.717) is 19.6 Å². The minimum atomic E-state index is -0.565. The number of nitrogens with zero attached hydrogens (tertiary/aromatic N) is 1. The lowest BCUT2D eigenvalue weighted by Gasteiger charge is -2.13. The van der Waals surface area contributed by atoms with Crippen molar-refractivity contribution in [3.63, 3.8) is 0 Å². The van der Waals surface area contributed by atoms with Gasteiger partial charge in [-0.15, -0.1) is 0 Å². The first-order chi connectivity index (χ1) is 13.2. The SMILES string of the molecule is COc1c(NCCCOc2cccc(C3=NCCCCCC3)c2)c(=O)c1=O. The Morgan fingerprint density at radius 1 is 1.11 bits per heavy atom. The quantitative estimate of drug-likeness (QED) is 0.571. The zero-order chi connectivity index (χ0) is 19.1. The molecule has 1 heterocycles. The highest BCUT2D eigenvalue weighted by atomic mass is 16.5. The zero-order valence-corrected chi connectivity index (χ0v) is 15.8. The minimum Gasteiger partial charge on any atom is -0.494 e. The van der Waals surface area contributed by atoms with Crippen molar-refractivity contribution in [3.05, 3.63) is 50.3 Å². The third kappa shape index (κ3) is 4.76. The molecule has 6 nitrogen and oxygen atoms in total. The molecule has 3 rings (SSSR count). The van der Waals surface area contributed by atoms with Crippen LogP contribution in [0.5, 0.6) is 11.5 Å². The van der Waals surface area contributed by atoms with Crippen molar-refractivity contribution in [3.8, 4) is 11.5 Å². The Morgan fingerprint density at radius 3 is 2.81 bits per heavy atom. The summed E-state index contributed by atoms with van der Waals surface area (Å²) < 4.78 is 10.7. The van der Waals surface area contributed by atoms with Gasteiger partial charge in [0.15, 0.2) is 5.75 Å². The van der Waals surface area contributed by atoms with E-state index in [0.717, 1.165) is 24.3 Å². The fourth-order valence-electron chi connectivity index (χ4n) is 3.25. The van der Waals surface area contributed by atoms with Gasteiger partial charge in [-0.2, -0.15) is 0 Å². The number of methoxy groups -OCH3 is 1. The van der Waals surface area contributed by atoms with Crippen molar-refractivity contribution in [2.45, 2.75) is 38.5 Å². The molecule has 0 radical (unpaired) electrons. The van der Waals surface area contributed by atoms with Gasteiger partial charge in [0.2, 0.25) is 0 Å². The van der Waals surface area contributed by atoms with Gasteiger partial charge in [0, 0.05) is 18.8 Å². The molecule has 0 aromatic heterocycles. The number of anilines is 1. The Hall–Kier alpha value is -2.63. The molecule has 0 amide bonds. The summed E-state index contributed by atoms with van der Waals surface area (Å²) in [5.74, 6) is 0.942. The molecule has 1 aliphatic rings. The Kier molecular flexibility index (Phi) is 6.63. The highest BCUT2D eigenvalue weighted by molar-refractivity contribution is 6.00. The largest absolute Gasteiger partial charge is 0.494 e. The molecule has 0 bridgehead atoms. The molecule has 0 fully saturated rings. The van der Waals surface area contributed by atoms with E-state index in [-0.39, 0.29) is 11.4 Å². The van der Waals surface area contributed by atoms with Crippen LogP contribution in [0, 0.1) is 0 Å². The van der Waals surface area contributed by atoms with Crippen LogP contribution < -0.4 is 25.6 Å². The normalized spacial score (nSPS) is 14.9. The number of hydrogen-bond acceptors (Lipinski definition) is 6. The van der Waals surface area contributed by atoms with E-state index >= 15 is 0 Å². The van der Waals surface area contributed by atoms with Crippen LogP contribution in [0.15, 0.2) is 38.8 Å². The summed E-state index contributed by atoms with van der Waals surface area (Å²) in [5.41, 5.74) is 1.51. The van der Waals surface area contributed by atoms with E-state index in [1.54, 1.807) is 0 Å². The maximum atomic E-state index is 11.5. The molecule has 0 saturated carbocycles. The molecule has 27 heavy (non-hydrogen) atoms. The van der Waals surface area contributed by atoms with Gasteiger partial charge in [-0.1, -0.05) is 25.0 Å². The fourth-order valence-corrected chi connectivity index (χ4v) is 3.25. The Morgan fingerprint density at radius 2 is 1.96 bits per heavy atom. The van der Waals surface area contributed by atoms with Crippen LogP contribution in [0.4, 0.5) is 5.69 Å². The van der Waals surface area contributed by atoms with Crippen LogP contribution >= 0.6 is 0 Å². The summed E-state index contributed by atoms with van der Waals surface area (Å²) in [6.45, 7) is 1.96. The third-order valence-electron chi connectivity index (χ3n) is 4.75. The van der Waals surface area contributed by atoms with Gasteiger partial charge >= 0.3 is 0 Å². The third-order valence-corrected chi connectivity index (χ3v) is 4.75. The second-order valence-electron chi connectivity index (χ2n) is 6.72. The molecule has 0 spiro atoms. The Bertz CT molecular complexity index is 865. The maximum absolute atomic E-state index is 11.5. The van der Waals surface area contributed by atoms with Gasteiger partial charge in [-0.25, -0.2) is 0 Å². The summed E-state index contributed by atoms with van der Waals surface area (Å²) in [7, 11) is 1.39. The molecular formula is C21H26N2O4. The first-order valence-electron chi connectivity index (χ1n) is 9.58. The number of nitrogens with one attached hydrogen (secondary N) is 1. The van der Waals surface area contributed by atoms with Crippen LogP contribution in [-0.4, -0.2) is 32.5 Å². The lowest BCUT2D eigenvalue weighted by Crippen LogP contribution is -2.35. The highest BCUT2D eigenvalue weighted by Crippen LogP contribution is 2.19. The van der Waals surface area contributed by atoms with Crippen molar-refractivity contribution in [1.29, 1.82) is 0 Å². The van der Waals surface area contributed by atoms with Crippen LogP contribution in [-0.2, 0) is 0 Å². The average molecular weight is 370 g/mol. The van der Waals surface area contributed by atoms with Gasteiger partial charge in [0.25, 0.3) is 10.9 Å². The zero-order valence-electron chi connectivity index (χ0n) is 15.8. The summed E-state index contributed by atoms with van der Waals surface area (Å²) in [4.78, 5) is 27.5. The van der Waals surface area contributed by atoms with Gasteiger partial charge in [-0.3, -0.25) is 14.6 Å². The van der Waals surface area contributed by atoms with Crippen molar-refractivity contribution in [2.24, 2.45) is 4.99 Å². The maximum Gasteiger partial charge on any atom is 0.271 e. The van der Waals surface area contributed by atoms with Crippen molar-refractivity contribution in [2.75, 3.05) is 32.1 Å². The number of ether oxygens (including phenoxy) is 2. The molecule has 2 aromatic carbocycles. The minimum absolute atomic E-state index is 0.119. The van der Waals surface area contributed by atoms with E-state index in [2.05, 4.69) is 11.4 Å². The molecule has 144 valence electrons. The lowest BCUT2D eigenvalue weighted by molar-refractivity contribution is 0.315. The molecule has 0 unspecified atom stereocenters. The molecule has 6 heteroatoms. The number of rotatable bonds is 8. The summed E-state index contributed by atoms with van der Waals surface area (Å²) in [5, 5.41) is 2.95. The van der Waals surface area contributed by atoms with E-state index in [1.807, 2.05) is 18.2 Å². The first kappa shape index (κ1) is 19.1. The van der Waals surface area contributed by atoms with Crippen molar-refractivity contribution in [1.82, 2.24) is 0 Å². The molecule has 0 aliphatic carbocycles. The summed E-state index contributed by atoms with van der Waals surface area (Å²) in [6.07, 6.45) is 6.64. The summed E-state index contributed by atoms with van der Waals surface area (Å²) in [6, 6.07) is 8.08. The van der Waals surface area contributed by atoms with E-state index in [9.17, 15) is 9.59 Å². The number of aliphatic imine (C=N–C) groups is 1. The second kappa shape index (κ2) is 9.35. The molecule has 1 aliphatic heterocycles. The van der Waals surface area contributed by atoms with E-state index in [4.69, 9.17) is 14.5 Å². The monoisotopic (exact) mass is 370 g/mol. The molecule has 0 saturated heterocycles. The van der Waals surface area contributed by atoms with Crippen molar-refractivity contribution >= 4 is 11.4 Å². The second-order valence-corrected chi connectivity index (χ2v) is 6.72. The van der Waals surface area contributed by atoms with Crippen LogP contribution in [0.2, 0.25) is 0 Å². The topological polar surface area (TPSA) is 77.0 Å². The molecule has 0 atom stereocenters. The summed E-state index contributed by atoms with van der Waals surface area (Å²) >= 11 is 0. The molecule has 2 aromatic rings. The standard InChI is InChI=1S/C21H26N2O4/c1-26-21-18(19(24)20(21)25)23-12-7-13-27-16-9-6-8-15(14-16)17-10-4-2-3-5-11-22-17/h6,8-9,14,23H,2-5,7,10-13H2,1H3. The lowest BCUT2D eigenvalue weighted by atomic mass is 10.0. The van der Waals surface area contributed by atoms with Gasteiger partial charge in [0.05, 0.1) is 13.7 Å². The van der Waals surface area contributed by atoms with Crippen LogP contribution in [0.25, 0.3) is 0 Å². The Balaban J connectivity index is 1.48. The van der Waals surface area contributed by atoms with E-state index in [1.165, 1.54) is 38.5 Å². The predicted octanol–water partition coefficient (Wildman–Crippen LogP) is 2.93. The average Bonchev–Trinajstić information content (AvgIpc) is 2.66. The van der Waals surface area contributed by atoms with Gasteiger partial charge in [0.1, 0.15) is 11.4 Å². The van der Waals surface area contributed by atoms with Gasteiger partial charge < -0.3 is 14.8 Å². The molecule has 1 N–H and O–H groups in total.